The number of carbonyl (C=O) groups is 2. The van der Waals surface area contributed by atoms with Crippen LogP contribution in [0.25, 0.3) is 0 Å². The number of rotatable bonds is 8. The molecule has 5 heteroatoms. The second kappa shape index (κ2) is 11.0. The van der Waals surface area contributed by atoms with Gasteiger partial charge in [-0.2, -0.15) is 4.57 Å². The average molecular weight is 452 g/mol. The first-order valence-corrected chi connectivity index (χ1v) is 12.3. The molecule has 0 bridgehead atoms. The molecule has 1 heterocycles. The van der Waals surface area contributed by atoms with Gasteiger partial charge in [0.1, 0.15) is 11.7 Å². The zero-order valence-corrected chi connectivity index (χ0v) is 20.8. The Morgan fingerprint density at radius 1 is 1.06 bits per heavy atom. The molecular weight excluding hydrogens is 412 g/mol. The average Bonchev–Trinajstić information content (AvgIpc) is 2.80. The molecule has 0 radical (unpaired) electrons. The molecule has 1 amide bonds. The zero-order chi connectivity index (χ0) is 24.0. The summed E-state index contributed by atoms with van der Waals surface area (Å²) in [4.78, 5) is 27.4. The molecular formula is C28H39N2O3+. The molecule has 1 aliphatic carbocycles. The number of amides is 1. The minimum absolute atomic E-state index is 0.0199. The first-order chi connectivity index (χ1) is 15.8. The van der Waals surface area contributed by atoms with Crippen molar-refractivity contribution in [2.45, 2.75) is 71.9 Å². The van der Waals surface area contributed by atoms with Gasteiger partial charge >= 0.3 is 5.97 Å². The first-order valence-electron chi connectivity index (χ1n) is 12.3. The van der Waals surface area contributed by atoms with Crippen molar-refractivity contribution in [1.29, 1.82) is 0 Å². The lowest BCUT2D eigenvalue weighted by molar-refractivity contribution is -0.686. The van der Waals surface area contributed by atoms with E-state index in [-0.39, 0.29) is 35.9 Å². The van der Waals surface area contributed by atoms with Crippen LogP contribution in [0.4, 0.5) is 0 Å². The van der Waals surface area contributed by atoms with Gasteiger partial charge in [0.25, 0.3) is 5.91 Å². The molecule has 33 heavy (non-hydrogen) atoms. The third kappa shape index (κ3) is 6.01. The summed E-state index contributed by atoms with van der Waals surface area (Å²) in [7, 11) is 0. The topological polar surface area (TPSA) is 50.5 Å². The quantitative estimate of drug-likeness (QED) is 0.429. The third-order valence-electron chi connectivity index (χ3n) is 7.25. The van der Waals surface area contributed by atoms with E-state index >= 15 is 0 Å². The second-order valence-electron chi connectivity index (χ2n) is 9.88. The second-order valence-corrected chi connectivity index (χ2v) is 9.88. The number of hydrogen-bond acceptors (Lipinski definition) is 3. The Balaban J connectivity index is 1.73. The maximum Gasteiger partial charge on any atom is 0.372 e. The van der Waals surface area contributed by atoms with Gasteiger partial charge < -0.3 is 9.64 Å². The lowest BCUT2D eigenvalue weighted by Crippen LogP contribution is -2.46. The van der Waals surface area contributed by atoms with Gasteiger partial charge in [-0.05, 0) is 49.7 Å². The predicted molar refractivity (Wildman–Crippen MR) is 130 cm³/mol. The van der Waals surface area contributed by atoms with Crippen molar-refractivity contribution in [3.63, 3.8) is 0 Å². The van der Waals surface area contributed by atoms with E-state index in [1.807, 2.05) is 32.2 Å². The highest BCUT2D eigenvalue weighted by Crippen LogP contribution is 2.43. The Morgan fingerprint density at radius 2 is 1.76 bits per heavy atom. The smallest absolute Gasteiger partial charge is 0.372 e. The normalized spacial score (nSPS) is 20.8. The fourth-order valence-corrected chi connectivity index (χ4v) is 5.16. The highest BCUT2D eigenvalue weighted by molar-refractivity contribution is 5.93. The summed E-state index contributed by atoms with van der Waals surface area (Å²) in [5.74, 6) is 0.530. The summed E-state index contributed by atoms with van der Waals surface area (Å²) in [5, 5.41) is 0. The summed E-state index contributed by atoms with van der Waals surface area (Å²) < 4.78 is 7.87. The van der Waals surface area contributed by atoms with Gasteiger partial charge in [0.2, 0.25) is 6.54 Å². The Kier molecular flexibility index (Phi) is 8.28. The van der Waals surface area contributed by atoms with E-state index in [0.717, 1.165) is 19.3 Å². The molecule has 0 N–H and O–H groups in total. The number of ether oxygens (including phenoxy) is 1. The van der Waals surface area contributed by atoms with Gasteiger partial charge in [0.05, 0.1) is 0 Å². The molecule has 1 aromatic heterocycles. The molecule has 1 aromatic carbocycles. The number of nitrogens with zero attached hydrogens (tertiary/aromatic N) is 2. The monoisotopic (exact) mass is 451 g/mol. The predicted octanol–water partition coefficient (Wildman–Crippen LogP) is 4.78. The van der Waals surface area contributed by atoms with Gasteiger partial charge in [-0.25, -0.2) is 4.79 Å². The van der Waals surface area contributed by atoms with Crippen molar-refractivity contribution in [3.05, 3.63) is 66.0 Å². The van der Waals surface area contributed by atoms with Gasteiger partial charge in [0, 0.05) is 25.1 Å². The van der Waals surface area contributed by atoms with Crippen LogP contribution in [0.3, 0.4) is 0 Å². The van der Waals surface area contributed by atoms with Crippen LogP contribution in [0.1, 0.15) is 69.8 Å². The molecule has 1 fully saturated rings. The Bertz CT molecular complexity index is 937. The van der Waals surface area contributed by atoms with Gasteiger partial charge in [-0.1, -0.05) is 57.5 Å². The lowest BCUT2D eigenvalue weighted by Gasteiger charge is -2.43. The number of hydrogen-bond donors (Lipinski definition) is 0. The van der Waals surface area contributed by atoms with E-state index in [0.29, 0.717) is 24.6 Å². The maximum absolute atomic E-state index is 13.0. The number of pyridine rings is 1. The van der Waals surface area contributed by atoms with E-state index in [4.69, 9.17) is 4.74 Å². The molecule has 3 atom stereocenters. The standard InChI is InChI=1S/C28H39N2O3/c1-6-30(7-2)27(32)22-12-11-17-29(19-22)20-26(31)33-25-18-21(3)15-16-24(25)28(4,5)23-13-9-8-10-14-23/h8-14,17,19,21,24-25H,6-7,15-16,18,20H2,1-5H3/q+1/t21-,24-,25-/m1/s1. The summed E-state index contributed by atoms with van der Waals surface area (Å²) in [5.41, 5.74) is 1.78. The summed E-state index contributed by atoms with van der Waals surface area (Å²) in [6, 6.07) is 14.1. The molecule has 1 aliphatic rings. The highest BCUT2D eigenvalue weighted by Gasteiger charge is 2.42. The Morgan fingerprint density at radius 3 is 2.42 bits per heavy atom. The van der Waals surface area contributed by atoms with Crippen LogP contribution >= 0.6 is 0 Å². The van der Waals surface area contributed by atoms with Crippen molar-refractivity contribution in [1.82, 2.24) is 4.90 Å². The minimum atomic E-state index is -0.250. The number of esters is 1. The van der Waals surface area contributed by atoms with Gasteiger partial charge in [-0.3, -0.25) is 4.79 Å². The molecule has 178 valence electrons. The highest BCUT2D eigenvalue weighted by atomic mass is 16.5. The maximum atomic E-state index is 13.0. The zero-order valence-electron chi connectivity index (χ0n) is 20.8. The molecule has 0 saturated heterocycles. The van der Waals surface area contributed by atoms with Gasteiger partial charge in [-0.15, -0.1) is 0 Å². The van der Waals surface area contributed by atoms with Crippen molar-refractivity contribution in [2.75, 3.05) is 13.1 Å². The van der Waals surface area contributed by atoms with E-state index in [2.05, 4.69) is 45.0 Å². The fourth-order valence-electron chi connectivity index (χ4n) is 5.16. The van der Waals surface area contributed by atoms with Crippen molar-refractivity contribution in [2.24, 2.45) is 11.8 Å². The molecule has 1 saturated carbocycles. The van der Waals surface area contributed by atoms with Crippen LogP contribution in [0.5, 0.6) is 0 Å². The summed E-state index contributed by atoms with van der Waals surface area (Å²) in [6.07, 6.45) is 6.53. The number of benzene rings is 1. The largest absolute Gasteiger partial charge is 0.457 e. The third-order valence-corrected chi connectivity index (χ3v) is 7.25. The molecule has 0 aliphatic heterocycles. The lowest BCUT2D eigenvalue weighted by atomic mass is 9.64. The van der Waals surface area contributed by atoms with Crippen LogP contribution in [0.2, 0.25) is 0 Å². The van der Waals surface area contributed by atoms with Crippen LogP contribution in [0, 0.1) is 11.8 Å². The molecule has 3 rings (SSSR count). The van der Waals surface area contributed by atoms with Crippen molar-refractivity contribution in [3.8, 4) is 0 Å². The fraction of sp³-hybridized carbons (Fsp3) is 0.536. The minimum Gasteiger partial charge on any atom is -0.457 e. The van der Waals surface area contributed by atoms with E-state index < -0.39 is 0 Å². The first kappa shape index (κ1) is 24.9. The van der Waals surface area contributed by atoms with Crippen LogP contribution < -0.4 is 4.57 Å². The SMILES string of the molecule is CCN(CC)C(=O)c1ccc[n+](CC(=O)O[C@@H]2C[C@H](C)CC[C@H]2C(C)(C)c2ccccc2)c1. The summed E-state index contributed by atoms with van der Waals surface area (Å²) in [6.45, 7) is 12.1. The van der Waals surface area contributed by atoms with Crippen molar-refractivity contribution < 1.29 is 18.9 Å². The Labute approximate surface area is 198 Å². The number of aromatic nitrogens is 1. The van der Waals surface area contributed by atoms with Gasteiger partial charge in [0.15, 0.2) is 12.4 Å². The van der Waals surface area contributed by atoms with Crippen LogP contribution in [0.15, 0.2) is 54.9 Å². The molecule has 0 unspecified atom stereocenters. The van der Waals surface area contributed by atoms with Crippen LogP contribution in [-0.2, 0) is 21.5 Å². The van der Waals surface area contributed by atoms with Crippen LogP contribution in [-0.4, -0.2) is 36.0 Å². The van der Waals surface area contributed by atoms with Crippen molar-refractivity contribution >= 4 is 11.9 Å². The number of carbonyl (C=O) groups excluding carboxylic acids is 2. The summed E-state index contributed by atoms with van der Waals surface area (Å²) >= 11 is 0. The van der Waals surface area contributed by atoms with E-state index in [9.17, 15) is 9.59 Å². The van der Waals surface area contributed by atoms with E-state index in [1.165, 1.54) is 5.56 Å². The molecule has 2 aromatic rings. The van der Waals surface area contributed by atoms with E-state index in [1.54, 1.807) is 21.7 Å². The Hall–Kier alpha value is -2.69. The molecule has 5 nitrogen and oxygen atoms in total. The molecule has 0 spiro atoms.